The number of likely N-dealkylation sites (tertiary alicyclic amines) is 2. The third kappa shape index (κ3) is 16.5. The van der Waals surface area contributed by atoms with E-state index in [9.17, 15) is 60.2 Å². The maximum Gasteiger partial charge on any atom is 0.471 e. The average Bonchev–Trinajstić information content (AvgIpc) is 1.56. The second kappa shape index (κ2) is 34.2. The van der Waals surface area contributed by atoms with Crippen LogP contribution in [0.25, 0.3) is 0 Å². The SMILES string of the molecule is CC(C)C1=C(C(=O)N2C[C@H](F)C[C@H]2C(=O)N2CCN(C(=O)C(F)(F)F)C3(CC3)C2)SC2=N[C@@](C)(c3ccc(Cl)nc3)[C@@H](c3ccc(Cl)c(F)c3)N21.CC(C)C1=C(C(=O)N2C[C@H](F)C[C@H]2C(=O)N2CCNC3(CC3)C2)SC2=N[C@@](C)(c3ccc(Cl)nc3)[C@@H](c3ccc(Cl)c(F)c3)N21.CC(C)C1=C(C(=O)O)SC2=N[C@@](C)(c3ccc(Cl)nc3)[C@@H](c3ccc(Cl)c(F)c3)N21. The number of amidine groups is 3. The maximum absolute atomic E-state index is 15.2. The molecule has 10 atom stereocenters. The van der Waals surface area contributed by atoms with Gasteiger partial charge < -0.3 is 49.6 Å². The number of aliphatic imine (C=N–C) groups is 3. The summed E-state index contributed by atoms with van der Waals surface area (Å²) in [5.41, 5.74) is 1.96. The van der Waals surface area contributed by atoms with Crippen molar-refractivity contribution in [1.29, 1.82) is 0 Å². The quantitative estimate of drug-likeness (QED) is 0.0761. The summed E-state index contributed by atoms with van der Waals surface area (Å²) in [7, 11) is 0. The van der Waals surface area contributed by atoms with Gasteiger partial charge in [0, 0.05) is 110 Å². The molecule has 6 aromatic rings. The van der Waals surface area contributed by atoms with Gasteiger partial charge in [-0.25, -0.2) is 56.7 Å². The molecule has 22 nitrogen and oxygen atoms in total. The largest absolute Gasteiger partial charge is 0.477 e. The lowest BCUT2D eigenvalue weighted by Gasteiger charge is -2.43. The fourth-order valence-corrected chi connectivity index (χ4v) is 23.6. The fraction of sp³-hybridized carbons (Fsp3) is 0.448. The van der Waals surface area contributed by atoms with Gasteiger partial charge in [-0.1, -0.05) is 148 Å². The number of fused-ring (bicyclic) bond motifs is 3. The van der Waals surface area contributed by atoms with E-state index in [4.69, 9.17) is 84.6 Å². The predicted octanol–water partition coefficient (Wildman–Crippen LogP) is 18.0. The number of thioether (sulfide) groups is 3. The number of aromatic nitrogens is 3. The highest BCUT2D eigenvalue weighted by molar-refractivity contribution is 8.18. The summed E-state index contributed by atoms with van der Waals surface area (Å²) in [5, 5.41) is 15.7. The summed E-state index contributed by atoms with van der Waals surface area (Å²) in [4.78, 5) is 122. The molecule has 4 saturated heterocycles. The summed E-state index contributed by atoms with van der Waals surface area (Å²) >= 11 is 39.6. The van der Waals surface area contributed by atoms with Crippen molar-refractivity contribution < 1.29 is 69.0 Å². The molecule has 18 rings (SSSR count). The van der Waals surface area contributed by atoms with Crippen LogP contribution in [-0.2, 0) is 45.4 Å². The lowest BCUT2D eigenvalue weighted by molar-refractivity contribution is -0.191. The number of hydrogen-bond acceptors (Lipinski definition) is 19. The molecule has 39 heteroatoms. The van der Waals surface area contributed by atoms with Gasteiger partial charge in [0.05, 0.1) is 51.8 Å². The highest BCUT2D eigenvalue weighted by Crippen LogP contribution is 2.61. The number of pyridine rings is 3. The number of carbonyl (C=O) groups is 6. The first-order valence-corrected chi connectivity index (χ1v) is 45.7. The Balaban J connectivity index is 0.000000144. The lowest BCUT2D eigenvalue weighted by Crippen LogP contribution is -2.62. The van der Waals surface area contributed by atoms with Crippen LogP contribution in [-0.4, -0.2) is 204 Å². The molecule has 126 heavy (non-hydrogen) atoms. The third-order valence-electron chi connectivity index (χ3n) is 25.4. The van der Waals surface area contributed by atoms with Crippen LogP contribution >= 0.6 is 105 Å². The van der Waals surface area contributed by atoms with Crippen molar-refractivity contribution in [1.82, 2.24) is 59.5 Å². The number of carboxylic acid groups (broad SMARTS) is 1. The first kappa shape index (κ1) is 91.1. The van der Waals surface area contributed by atoms with Gasteiger partial charge in [0.25, 0.3) is 11.8 Å². The van der Waals surface area contributed by atoms with E-state index >= 15 is 8.78 Å². The molecule has 6 fully saturated rings. The topological polar surface area (TPSA) is 236 Å². The number of piperazine rings is 2. The second-order valence-corrected chi connectivity index (χ2v) is 40.1. The zero-order valence-corrected chi connectivity index (χ0v) is 76.2. The summed E-state index contributed by atoms with van der Waals surface area (Å²) in [5.74, 6) is -6.94. The number of amides is 5. The normalized spacial score (nSPS) is 26.8. The molecule has 0 radical (unpaired) electrons. The molecule has 2 spiro atoms. The third-order valence-corrected chi connectivity index (χ3v) is 30.1. The molecular weight excluding hydrogens is 1830 g/mol. The van der Waals surface area contributed by atoms with Crippen LogP contribution in [0.1, 0.15) is 152 Å². The van der Waals surface area contributed by atoms with E-state index in [2.05, 4.69) is 20.3 Å². The maximum atomic E-state index is 15.2. The molecule has 2 saturated carbocycles. The number of benzene rings is 3. The van der Waals surface area contributed by atoms with Gasteiger partial charge in [0.2, 0.25) is 11.8 Å². The van der Waals surface area contributed by atoms with E-state index in [1.807, 2.05) is 89.1 Å². The van der Waals surface area contributed by atoms with Crippen molar-refractivity contribution >= 4 is 156 Å². The minimum absolute atomic E-state index is 0.00153. The standard InChI is InChI=1S/C34H33Cl2F5N6O3S.C32H34Cl2F2N6O2S.C21H18Cl2FN3O2S/c1-17(2)25-26(51-31-43-32(3,19-5-7-24(36)42-14-19)27(47(25)31)18-4-6-21(35)22(38)12-18)29(49)45-15-20(37)13-23(45)28(48)44-10-11-46(30(50)34(39,40)41)33(16-44)8-9-33;1-17(2)25-26(29(44)41-15-20(35)13-23(41)28(43)40-11-10-38-32(16-40)8-9-32)45-30-39-31(3,19-5-7-24(34)37-14-19)27(42(25)30)18-4-6-21(33)22(36)12-18;1-10(2)16-17(19(28)29)30-20-26-21(3,12-5-7-15(23)25-9-12)18(27(16)20)11-4-6-13(22)14(24)8-11/h4-7,12,14,17,20,23,27H,8-11,13,15-16H2,1-3H3;4-7,12,14,17,20,23,27,38H,8-11,13,15-16H2,1-3H3;4-10,18H,1-3H3,(H,28,29)/t20-,23+,27-,32+;20-,23+,27-,31+;18-,21+/m111/s1. The number of hydrogen-bond donors (Lipinski definition) is 2. The molecule has 13 heterocycles. The number of carbonyl (C=O) groups excluding carboxylic acids is 5. The van der Waals surface area contributed by atoms with E-state index in [0.29, 0.717) is 103 Å². The van der Waals surface area contributed by atoms with Crippen LogP contribution in [0.4, 0.5) is 35.1 Å². The van der Waals surface area contributed by atoms with Gasteiger partial charge >= 0.3 is 18.1 Å². The smallest absolute Gasteiger partial charge is 0.471 e. The van der Waals surface area contributed by atoms with E-state index in [1.165, 1.54) is 62.9 Å². The first-order valence-electron chi connectivity index (χ1n) is 41.0. The second-order valence-electron chi connectivity index (χ2n) is 34.8. The van der Waals surface area contributed by atoms with E-state index in [0.717, 1.165) is 52.4 Å². The number of carboxylic acids is 1. The fourth-order valence-electron chi connectivity index (χ4n) is 19.0. The molecule has 5 amide bonds. The number of rotatable bonds is 14. The first-order chi connectivity index (χ1) is 59.5. The molecular formula is C87H85Cl6F8N15O7S3. The number of halogens is 14. The zero-order valence-electron chi connectivity index (χ0n) is 69.2. The molecule has 3 aromatic carbocycles. The van der Waals surface area contributed by atoms with Crippen LogP contribution in [0, 0.1) is 35.2 Å². The number of nitrogens with one attached hydrogen (secondary N) is 1. The van der Waals surface area contributed by atoms with Crippen molar-refractivity contribution in [2.45, 2.75) is 177 Å². The Labute approximate surface area is 764 Å². The Kier molecular flexibility index (Phi) is 24.7. The molecule has 12 aliphatic rings. The minimum Gasteiger partial charge on any atom is -0.477 e. The molecule has 2 aliphatic carbocycles. The van der Waals surface area contributed by atoms with Crippen LogP contribution in [0.3, 0.4) is 0 Å². The molecule has 3 aromatic heterocycles. The van der Waals surface area contributed by atoms with E-state index in [-0.39, 0.29) is 111 Å². The van der Waals surface area contributed by atoms with Gasteiger partial charge in [0.1, 0.15) is 88.7 Å². The summed E-state index contributed by atoms with van der Waals surface area (Å²) in [6.45, 7) is 18.0. The molecule has 0 bridgehead atoms. The van der Waals surface area contributed by atoms with Gasteiger partial charge in [0.15, 0.2) is 15.5 Å². The molecule has 10 aliphatic heterocycles. The van der Waals surface area contributed by atoms with Crippen molar-refractivity contribution in [3.05, 3.63) is 223 Å². The van der Waals surface area contributed by atoms with Crippen LogP contribution in [0.2, 0.25) is 30.5 Å². The Bertz CT molecular complexity index is 5680. The summed E-state index contributed by atoms with van der Waals surface area (Å²) in [6, 6.07) is 20.5. The van der Waals surface area contributed by atoms with Crippen molar-refractivity contribution in [3.8, 4) is 0 Å². The van der Waals surface area contributed by atoms with Crippen LogP contribution in [0.15, 0.2) is 156 Å². The molecule has 666 valence electrons. The van der Waals surface area contributed by atoms with Crippen LogP contribution in [0.5, 0.6) is 0 Å². The Hall–Kier alpha value is -8.25. The van der Waals surface area contributed by atoms with Gasteiger partial charge in [-0.2, -0.15) is 13.2 Å². The van der Waals surface area contributed by atoms with Crippen molar-refractivity contribution in [2.24, 2.45) is 32.7 Å². The Morgan fingerprint density at radius 2 is 0.849 bits per heavy atom. The van der Waals surface area contributed by atoms with Crippen molar-refractivity contribution in [2.75, 3.05) is 52.4 Å². The van der Waals surface area contributed by atoms with E-state index in [1.54, 1.807) is 66.0 Å². The summed E-state index contributed by atoms with van der Waals surface area (Å²) in [6.07, 6.45) is -0.596. The Morgan fingerprint density at radius 1 is 0.492 bits per heavy atom. The van der Waals surface area contributed by atoms with Crippen molar-refractivity contribution in [3.63, 3.8) is 0 Å². The zero-order chi connectivity index (χ0) is 90.4. The number of nitrogens with zero attached hydrogens (tertiary/aromatic N) is 14. The highest BCUT2D eigenvalue weighted by Gasteiger charge is 2.62. The van der Waals surface area contributed by atoms with E-state index < -0.39 is 112 Å². The van der Waals surface area contributed by atoms with Gasteiger partial charge in [-0.15, -0.1) is 0 Å². The van der Waals surface area contributed by atoms with Crippen LogP contribution < -0.4 is 5.32 Å². The lowest BCUT2D eigenvalue weighted by atomic mass is 9.81. The number of aliphatic carboxylic acids is 1. The molecule has 0 unspecified atom stereocenters. The van der Waals surface area contributed by atoms with Gasteiger partial charge in [-0.3, -0.25) is 24.0 Å². The number of allylic oxidation sites excluding steroid dienone is 3. The monoisotopic (exact) mass is 1910 g/mol. The average molecular weight is 1910 g/mol. The highest BCUT2D eigenvalue weighted by atomic mass is 35.5. The minimum atomic E-state index is -5.04. The predicted molar refractivity (Wildman–Crippen MR) is 469 cm³/mol. The summed E-state index contributed by atoms with van der Waals surface area (Å²) < 4.78 is 114. The molecule has 2 N–H and O–H groups in total. The Morgan fingerprint density at radius 3 is 1.17 bits per heavy atom. The number of alkyl halides is 5. The van der Waals surface area contributed by atoms with Gasteiger partial charge in [-0.05, 0) is 171 Å².